The number of amides is 1. The molecule has 0 unspecified atom stereocenters. The van der Waals surface area contributed by atoms with Crippen LogP contribution in [0.1, 0.15) is 5.56 Å². The SMILES string of the molecule is O=C(/C=C/c1ccc(Cl)cc1)Nc1ccc(N2CCOCC2)c(F)c1. The first-order valence-corrected chi connectivity index (χ1v) is 8.36. The highest BCUT2D eigenvalue weighted by Crippen LogP contribution is 2.23. The predicted octanol–water partition coefficient (Wildman–Crippen LogP) is 3.97. The molecule has 0 bridgehead atoms. The van der Waals surface area contributed by atoms with Crippen molar-refractivity contribution in [3.63, 3.8) is 0 Å². The van der Waals surface area contributed by atoms with Crippen LogP contribution >= 0.6 is 11.6 Å². The normalized spacial score (nSPS) is 14.7. The van der Waals surface area contributed by atoms with Crippen molar-refractivity contribution < 1.29 is 13.9 Å². The van der Waals surface area contributed by atoms with E-state index in [1.54, 1.807) is 30.3 Å². The first-order valence-electron chi connectivity index (χ1n) is 7.99. The zero-order chi connectivity index (χ0) is 17.6. The lowest BCUT2D eigenvalue weighted by atomic mass is 10.2. The van der Waals surface area contributed by atoms with Gasteiger partial charge in [0.25, 0.3) is 0 Å². The number of ether oxygens (including phenoxy) is 1. The van der Waals surface area contributed by atoms with Gasteiger partial charge in [-0.2, -0.15) is 0 Å². The van der Waals surface area contributed by atoms with Gasteiger partial charge in [0, 0.05) is 29.9 Å². The van der Waals surface area contributed by atoms with Crippen LogP contribution in [0.3, 0.4) is 0 Å². The summed E-state index contributed by atoms with van der Waals surface area (Å²) in [4.78, 5) is 13.9. The van der Waals surface area contributed by atoms with Gasteiger partial charge in [-0.15, -0.1) is 0 Å². The zero-order valence-corrected chi connectivity index (χ0v) is 14.3. The van der Waals surface area contributed by atoms with E-state index in [1.807, 2.05) is 17.0 Å². The Morgan fingerprint density at radius 1 is 1.16 bits per heavy atom. The summed E-state index contributed by atoms with van der Waals surface area (Å²) >= 11 is 5.82. The van der Waals surface area contributed by atoms with E-state index >= 15 is 0 Å². The molecule has 1 aliphatic heterocycles. The molecule has 25 heavy (non-hydrogen) atoms. The second-order valence-corrected chi connectivity index (χ2v) is 6.08. The maximum absolute atomic E-state index is 14.3. The Labute approximate surface area is 150 Å². The Kier molecular flexibility index (Phi) is 5.68. The molecule has 3 rings (SSSR count). The average molecular weight is 361 g/mol. The molecule has 0 saturated carbocycles. The van der Waals surface area contributed by atoms with Crippen molar-refractivity contribution in [1.82, 2.24) is 0 Å². The molecule has 0 radical (unpaired) electrons. The summed E-state index contributed by atoms with van der Waals surface area (Å²) in [5.41, 5.74) is 1.80. The van der Waals surface area contributed by atoms with Gasteiger partial charge < -0.3 is 15.0 Å². The van der Waals surface area contributed by atoms with Gasteiger partial charge in [0.15, 0.2) is 0 Å². The zero-order valence-electron chi connectivity index (χ0n) is 13.5. The summed E-state index contributed by atoms with van der Waals surface area (Å²) in [7, 11) is 0. The van der Waals surface area contributed by atoms with Crippen LogP contribution in [0.25, 0.3) is 6.08 Å². The number of morpholine rings is 1. The number of nitrogens with zero attached hydrogens (tertiary/aromatic N) is 1. The second-order valence-electron chi connectivity index (χ2n) is 5.64. The molecule has 1 fully saturated rings. The minimum Gasteiger partial charge on any atom is -0.378 e. The summed E-state index contributed by atoms with van der Waals surface area (Å²) in [6.07, 6.45) is 3.07. The summed E-state index contributed by atoms with van der Waals surface area (Å²) in [5, 5.41) is 3.30. The summed E-state index contributed by atoms with van der Waals surface area (Å²) in [6.45, 7) is 2.50. The van der Waals surface area contributed by atoms with Crippen molar-refractivity contribution in [2.75, 3.05) is 36.5 Å². The first kappa shape index (κ1) is 17.5. The summed E-state index contributed by atoms with van der Waals surface area (Å²) < 4.78 is 19.6. The number of rotatable bonds is 4. The number of halogens is 2. The van der Waals surface area contributed by atoms with E-state index < -0.39 is 0 Å². The van der Waals surface area contributed by atoms with E-state index in [1.165, 1.54) is 12.1 Å². The second kappa shape index (κ2) is 8.14. The highest BCUT2D eigenvalue weighted by atomic mass is 35.5. The topological polar surface area (TPSA) is 41.6 Å². The molecular formula is C19H18ClFN2O2. The Hall–Kier alpha value is -2.37. The lowest BCUT2D eigenvalue weighted by Crippen LogP contribution is -2.36. The summed E-state index contributed by atoms with van der Waals surface area (Å²) in [6, 6.07) is 11.8. The minimum atomic E-state index is -0.360. The Balaban J connectivity index is 1.63. The summed E-state index contributed by atoms with van der Waals surface area (Å²) in [5.74, 6) is -0.685. The monoisotopic (exact) mass is 360 g/mol. The van der Waals surface area contributed by atoms with Gasteiger partial charge in [-0.3, -0.25) is 4.79 Å². The molecule has 0 aliphatic carbocycles. The molecule has 2 aromatic rings. The van der Waals surface area contributed by atoms with Crippen molar-refractivity contribution >= 4 is 35.0 Å². The molecule has 6 heteroatoms. The fraction of sp³-hybridized carbons (Fsp3) is 0.211. The molecular weight excluding hydrogens is 343 g/mol. The van der Waals surface area contributed by atoms with Gasteiger partial charge >= 0.3 is 0 Å². The maximum atomic E-state index is 14.3. The molecule has 4 nitrogen and oxygen atoms in total. The van der Waals surface area contributed by atoms with Crippen molar-refractivity contribution in [3.8, 4) is 0 Å². The number of anilines is 2. The van der Waals surface area contributed by atoms with E-state index in [0.29, 0.717) is 42.7 Å². The molecule has 2 aromatic carbocycles. The molecule has 1 amide bonds. The third-order valence-electron chi connectivity index (χ3n) is 3.86. The number of benzene rings is 2. The van der Waals surface area contributed by atoms with E-state index in [-0.39, 0.29) is 11.7 Å². The quantitative estimate of drug-likeness (QED) is 0.839. The van der Waals surface area contributed by atoms with Gasteiger partial charge in [0.2, 0.25) is 5.91 Å². The van der Waals surface area contributed by atoms with Gasteiger partial charge in [-0.05, 0) is 42.0 Å². The lowest BCUT2D eigenvalue weighted by molar-refractivity contribution is -0.111. The largest absolute Gasteiger partial charge is 0.378 e. The van der Waals surface area contributed by atoms with Crippen LogP contribution in [0.2, 0.25) is 5.02 Å². The van der Waals surface area contributed by atoms with Crippen LogP contribution in [0.5, 0.6) is 0 Å². The van der Waals surface area contributed by atoms with Gasteiger partial charge in [0.05, 0.1) is 18.9 Å². The molecule has 0 atom stereocenters. The van der Waals surface area contributed by atoms with Crippen LogP contribution in [0, 0.1) is 5.82 Å². The highest BCUT2D eigenvalue weighted by Gasteiger charge is 2.15. The Morgan fingerprint density at radius 2 is 1.88 bits per heavy atom. The van der Waals surface area contributed by atoms with Crippen LogP contribution in [0.4, 0.5) is 15.8 Å². The van der Waals surface area contributed by atoms with E-state index in [9.17, 15) is 9.18 Å². The highest BCUT2D eigenvalue weighted by molar-refractivity contribution is 6.30. The fourth-order valence-electron chi connectivity index (χ4n) is 2.58. The van der Waals surface area contributed by atoms with Crippen molar-refractivity contribution in [2.45, 2.75) is 0 Å². The Morgan fingerprint density at radius 3 is 2.56 bits per heavy atom. The van der Waals surface area contributed by atoms with Gasteiger partial charge in [-0.25, -0.2) is 4.39 Å². The standard InChI is InChI=1S/C19H18ClFN2O2/c20-15-4-1-14(2-5-15)3-8-19(24)22-16-6-7-18(17(21)13-16)23-9-11-25-12-10-23/h1-8,13H,9-12H2,(H,22,24)/b8-3+. The van der Waals surface area contributed by atoms with Crippen LogP contribution in [0.15, 0.2) is 48.5 Å². The number of nitrogens with one attached hydrogen (secondary N) is 1. The van der Waals surface area contributed by atoms with Crippen LogP contribution in [-0.4, -0.2) is 32.2 Å². The number of carbonyl (C=O) groups excluding carboxylic acids is 1. The number of hydrogen-bond acceptors (Lipinski definition) is 3. The van der Waals surface area contributed by atoms with Crippen LogP contribution in [-0.2, 0) is 9.53 Å². The van der Waals surface area contributed by atoms with Gasteiger partial charge in [0.1, 0.15) is 5.82 Å². The maximum Gasteiger partial charge on any atom is 0.248 e. The molecule has 1 aliphatic rings. The van der Waals surface area contributed by atoms with Crippen molar-refractivity contribution in [2.24, 2.45) is 0 Å². The number of carbonyl (C=O) groups is 1. The van der Waals surface area contributed by atoms with Crippen molar-refractivity contribution in [1.29, 1.82) is 0 Å². The third-order valence-corrected chi connectivity index (χ3v) is 4.12. The predicted molar refractivity (Wildman–Crippen MR) is 98.5 cm³/mol. The Bertz CT molecular complexity index is 771. The van der Waals surface area contributed by atoms with E-state index in [0.717, 1.165) is 5.56 Å². The third kappa shape index (κ3) is 4.81. The fourth-order valence-corrected chi connectivity index (χ4v) is 2.70. The smallest absolute Gasteiger partial charge is 0.248 e. The minimum absolute atomic E-state index is 0.325. The van der Waals surface area contributed by atoms with E-state index in [4.69, 9.17) is 16.3 Å². The molecule has 130 valence electrons. The lowest BCUT2D eigenvalue weighted by Gasteiger charge is -2.29. The van der Waals surface area contributed by atoms with E-state index in [2.05, 4.69) is 5.32 Å². The molecule has 0 aromatic heterocycles. The number of hydrogen-bond donors (Lipinski definition) is 1. The molecule has 1 saturated heterocycles. The average Bonchev–Trinajstić information content (AvgIpc) is 2.62. The van der Waals surface area contributed by atoms with Crippen LogP contribution < -0.4 is 10.2 Å². The van der Waals surface area contributed by atoms with Gasteiger partial charge in [-0.1, -0.05) is 23.7 Å². The molecule has 0 spiro atoms. The molecule has 1 heterocycles. The van der Waals surface area contributed by atoms with Crippen molar-refractivity contribution in [3.05, 3.63) is 64.9 Å². The first-order chi connectivity index (χ1) is 12.1. The molecule has 1 N–H and O–H groups in total.